The zero-order chi connectivity index (χ0) is 14.3. The maximum Gasteiger partial charge on any atom is 0.0897 e. The fourth-order valence-corrected chi connectivity index (χ4v) is 2.71. The normalized spacial score (nSPS) is 26.8. The van der Waals surface area contributed by atoms with E-state index >= 15 is 0 Å². The van der Waals surface area contributed by atoms with Crippen LogP contribution in [0.4, 0.5) is 0 Å². The summed E-state index contributed by atoms with van der Waals surface area (Å²) < 4.78 is 11.0. The Balaban J connectivity index is 2.06. The molecular weight excluding hydrogens is 242 g/mol. The van der Waals surface area contributed by atoms with E-state index in [0.717, 1.165) is 25.7 Å². The van der Waals surface area contributed by atoms with E-state index in [9.17, 15) is 5.11 Å². The number of aliphatic hydroxyl groups excluding tert-OH is 1. The van der Waals surface area contributed by atoms with Crippen LogP contribution in [0.3, 0.4) is 0 Å². The molecule has 1 rings (SSSR count). The topological polar surface area (TPSA) is 50.7 Å². The van der Waals surface area contributed by atoms with E-state index in [0.29, 0.717) is 31.2 Å². The van der Waals surface area contributed by atoms with Crippen LogP contribution in [-0.2, 0) is 9.47 Å². The summed E-state index contributed by atoms with van der Waals surface area (Å²) >= 11 is 0. The third kappa shape index (κ3) is 7.25. The molecule has 0 bridgehead atoms. The number of ether oxygens (including phenoxy) is 2. The van der Waals surface area contributed by atoms with E-state index in [1.165, 1.54) is 0 Å². The molecule has 4 atom stereocenters. The highest BCUT2D eigenvalue weighted by atomic mass is 16.5. The van der Waals surface area contributed by atoms with Crippen LogP contribution in [0.25, 0.3) is 0 Å². The summed E-state index contributed by atoms with van der Waals surface area (Å²) in [5, 5.41) is 13.3. The molecule has 1 aliphatic carbocycles. The molecule has 1 aliphatic rings. The van der Waals surface area contributed by atoms with Crippen molar-refractivity contribution in [1.29, 1.82) is 0 Å². The second-order valence-electron chi connectivity index (χ2n) is 6.20. The van der Waals surface area contributed by atoms with Gasteiger partial charge >= 0.3 is 0 Å². The second kappa shape index (κ2) is 8.90. The van der Waals surface area contributed by atoms with Gasteiger partial charge in [-0.05, 0) is 38.5 Å². The van der Waals surface area contributed by atoms with Gasteiger partial charge in [-0.2, -0.15) is 0 Å². The van der Waals surface area contributed by atoms with Gasteiger partial charge in [0.05, 0.1) is 24.9 Å². The van der Waals surface area contributed by atoms with E-state index < -0.39 is 6.10 Å². The Morgan fingerprint density at radius 2 is 2.00 bits per heavy atom. The zero-order valence-corrected chi connectivity index (χ0v) is 12.9. The first-order chi connectivity index (χ1) is 9.01. The average molecular weight is 273 g/mol. The van der Waals surface area contributed by atoms with E-state index in [1.54, 1.807) is 7.11 Å². The first kappa shape index (κ1) is 16.9. The maximum atomic E-state index is 9.90. The molecule has 0 amide bonds. The minimum absolute atomic E-state index is 0.221. The van der Waals surface area contributed by atoms with Crippen LogP contribution in [0, 0.1) is 5.92 Å². The smallest absolute Gasteiger partial charge is 0.0897 e. The minimum atomic E-state index is -0.420. The van der Waals surface area contributed by atoms with Gasteiger partial charge < -0.3 is 19.9 Å². The Bertz CT molecular complexity index is 235. The number of methoxy groups -OCH3 is 1. The van der Waals surface area contributed by atoms with Crippen molar-refractivity contribution in [2.24, 2.45) is 5.92 Å². The number of hydrogen-bond donors (Lipinski definition) is 2. The van der Waals surface area contributed by atoms with Crippen molar-refractivity contribution in [3.8, 4) is 0 Å². The lowest BCUT2D eigenvalue weighted by Crippen LogP contribution is -2.37. The third-order valence-corrected chi connectivity index (χ3v) is 3.74. The molecule has 0 saturated heterocycles. The SMILES string of the molecule is COC1CCC(NCC(O)COC(C)CC(C)C)C1. The lowest BCUT2D eigenvalue weighted by molar-refractivity contribution is -0.00935. The molecule has 0 spiro atoms. The van der Waals surface area contributed by atoms with Gasteiger partial charge in [0, 0.05) is 19.7 Å². The molecule has 4 nitrogen and oxygen atoms in total. The molecule has 1 fully saturated rings. The first-order valence-electron chi connectivity index (χ1n) is 7.57. The van der Waals surface area contributed by atoms with Crippen molar-refractivity contribution >= 4 is 0 Å². The Kier molecular flexibility index (Phi) is 7.91. The molecule has 0 aromatic carbocycles. The summed E-state index contributed by atoms with van der Waals surface area (Å²) in [6.45, 7) is 7.46. The predicted molar refractivity (Wildman–Crippen MR) is 77.3 cm³/mol. The van der Waals surface area contributed by atoms with Crippen LogP contribution in [0.5, 0.6) is 0 Å². The summed E-state index contributed by atoms with van der Waals surface area (Å²) in [6, 6.07) is 0.479. The molecule has 1 saturated carbocycles. The van der Waals surface area contributed by atoms with Gasteiger partial charge in [0.15, 0.2) is 0 Å². The molecule has 2 N–H and O–H groups in total. The van der Waals surface area contributed by atoms with Crippen LogP contribution in [0.1, 0.15) is 46.5 Å². The van der Waals surface area contributed by atoms with E-state index in [4.69, 9.17) is 9.47 Å². The molecule has 0 aromatic rings. The molecular formula is C15H31NO3. The van der Waals surface area contributed by atoms with Crippen molar-refractivity contribution in [3.05, 3.63) is 0 Å². The van der Waals surface area contributed by atoms with Gasteiger partial charge in [0.25, 0.3) is 0 Å². The van der Waals surface area contributed by atoms with Crippen LogP contribution >= 0.6 is 0 Å². The number of nitrogens with one attached hydrogen (secondary N) is 1. The molecule has 0 aromatic heterocycles. The molecule has 19 heavy (non-hydrogen) atoms. The van der Waals surface area contributed by atoms with Gasteiger partial charge in [0.1, 0.15) is 0 Å². The second-order valence-corrected chi connectivity index (χ2v) is 6.20. The lowest BCUT2D eigenvalue weighted by atomic mass is 10.1. The Morgan fingerprint density at radius 1 is 1.26 bits per heavy atom. The number of rotatable bonds is 9. The van der Waals surface area contributed by atoms with Crippen LogP contribution < -0.4 is 5.32 Å². The summed E-state index contributed by atoms with van der Waals surface area (Å²) in [5.41, 5.74) is 0. The standard InChI is InChI=1S/C15H31NO3/c1-11(2)7-12(3)19-10-14(17)9-16-13-5-6-15(8-13)18-4/h11-17H,5-10H2,1-4H3. The van der Waals surface area contributed by atoms with Crippen LogP contribution in [-0.4, -0.2) is 49.7 Å². The van der Waals surface area contributed by atoms with E-state index in [2.05, 4.69) is 26.1 Å². The van der Waals surface area contributed by atoms with Gasteiger partial charge in [-0.3, -0.25) is 0 Å². The first-order valence-corrected chi connectivity index (χ1v) is 7.57. The Labute approximate surface area is 117 Å². The fourth-order valence-electron chi connectivity index (χ4n) is 2.71. The predicted octanol–water partition coefficient (Wildman–Crippen LogP) is 1.96. The molecule has 4 heteroatoms. The van der Waals surface area contributed by atoms with Gasteiger partial charge in [-0.1, -0.05) is 13.8 Å². The zero-order valence-electron chi connectivity index (χ0n) is 12.9. The van der Waals surface area contributed by atoms with Gasteiger partial charge in [-0.25, -0.2) is 0 Å². The molecule has 4 unspecified atom stereocenters. The summed E-state index contributed by atoms with van der Waals surface area (Å²) in [4.78, 5) is 0. The Hall–Kier alpha value is -0.160. The number of aliphatic hydroxyl groups is 1. The molecule has 0 radical (unpaired) electrons. The lowest BCUT2D eigenvalue weighted by Gasteiger charge is -2.20. The van der Waals surface area contributed by atoms with Crippen molar-refractivity contribution in [1.82, 2.24) is 5.32 Å². The van der Waals surface area contributed by atoms with Gasteiger partial charge in [-0.15, -0.1) is 0 Å². The summed E-state index contributed by atoms with van der Waals surface area (Å²) in [5.74, 6) is 0.634. The molecule has 114 valence electrons. The van der Waals surface area contributed by atoms with Crippen LogP contribution in [0.2, 0.25) is 0 Å². The highest BCUT2D eigenvalue weighted by Crippen LogP contribution is 2.21. The summed E-state index contributed by atoms with van der Waals surface area (Å²) in [6.07, 6.45) is 4.53. The minimum Gasteiger partial charge on any atom is -0.389 e. The van der Waals surface area contributed by atoms with Gasteiger partial charge in [0.2, 0.25) is 0 Å². The van der Waals surface area contributed by atoms with Crippen LogP contribution in [0.15, 0.2) is 0 Å². The van der Waals surface area contributed by atoms with E-state index in [-0.39, 0.29) is 6.10 Å². The molecule has 0 heterocycles. The molecule has 0 aliphatic heterocycles. The largest absolute Gasteiger partial charge is 0.389 e. The van der Waals surface area contributed by atoms with Crippen molar-refractivity contribution < 1.29 is 14.6 Å². The number of hydrogen-bond acceptors (Lipinski definition) is 4. The average Bonchev–Trinajstić information content (AvgIpc) is 2.81. The fraction of sp³-hybridized carbons (Fsp3) is 1.00. The summed E-state index contributed by atoms with van der Waals surface area (Å²) in [7, 11) is 1.77. The van der Waals surface area contributed by atoms with Crippen molar-refractivity contribution in [2.75, 3.05) is 20.3 Å². The van der Waals surface area contributed by atoms with Crippen molar-refractivity contribution in [2.45, 2.75) is 70.8 Å². The monoisotopic (exact) mass is 273 g/mol. The van der Waals surface area contributed by atoms with Crippen molar-refractivity contribution in [3.63, 3.8) is 0 Å². The Morgan fingerprint density at radius 3 is 2.58 bits per heavy atom. The third-order valence-electron chi connectivity index (χ3n) is 3.74. The quantitative estimate of drug-likeness (QED) is 0.674. The van der Waals surface area contributed by atoms with E-state index in [1.807, 2.05) is 0 Å². The highest BCUT2D eigenvalue weighted by molar-refractivity contribution is 4.81. The highest BCUT2D eigenvalue weighted by Gasteiger charge is 2.24. The maximum absolute atomic E-state index is 9.90.